The quantitative estimate of drug-likeness (QED) is 0.133. The highest BCUT2D eigenvalue weighted by Crippen LogP contribution is 2.66. The summed E-state index contributed by atoms with van der Waals surface area (Å²) in [4.78, 5) is 33.9. The van der Waals surface area contributed by atoms with Crippen LogP contribution < -0.4 is 5.32 Å². The Morgan fingerprint density at radius 2 is 1.61 bits per heavy atom. The molecular formula is C41H55NO9. The molecule has 1 amide bonds. The number of rotatable bonds is 9. The molecular weight excluding hydrogens is 650 g/mol. The fourth-order valence-electron chi connectivity index (χ4n) is 10.6. The Hall–Kier alpha value is -2.96. The summed E-state index contributed by atoms with van der Waals surface area (Å²) in [6.45, 7) is 14.9. The predicted molar refractivity (Wildman–Crippen MR) is 190 cm³/mol. The zero-order valence-electron chi connectivity index (χ0n) is 31.0. The molecule has 1 heterocycles. The smallest absolute Gasteiger partial charge is 0.251 e. The first-order chi connectivity index (χ1) is 23.9. The third kappa shape index (κ3) is 5.73. The molecule has 0 aromatic heterocycles. The zero-order chi connectivity index (χ0) is 37.3. The van der Waals surface area contributed by atoms with Gasteiger partial charge in [-0.2, -0.15) is 0 Å². The van der Waals surface area contributed by atoms with E-state index in [0.717, 1.165) is 0 Å². The summed E-state index contributed by atoms with van der Waals surface area (Å²) >= 11 is 0. The van der Waals surface area contributed by atoms with Crippen molar-refractivity contribution in [3.63, 3.8) is 0 Å². The van der Waals surface area contributed by atoms with Crippen LogP contribution >= 0.6 is 0 Å². The van der Waals surface area contributed by atoms with Crippen LogP contribution in [-0.2, 0) is 19.2 Å². The molecule has 6 rings (SSSR count). The minimum atomic E-state index is -1.61. The van der Waals surface area contributed by atoms with Gasteiger partial charge in [-0.25, -0.2) is 4.89 Å². The van der Waals surface area contributed by atoms with Crippen LogP contribution in [-0.4, -0.2) is 80.6 Å². The third-order valence-corrected chi connectivity index (χ3v) is 13.5. The summed E-state index contributed by atoms with van der Waals surface area (Å²) in [5.74, 6) is -3.18. The van der Waals surface area contributed by atoms with Crippen molar-refractivity contribution >= 4 is 11.7 Å². The molecule has 278 valence electrons. The van der Waals surface area contributed by atoms with Gasteiger partial charge in [0.25, 0.3) is 5.91 Å². The highest BCUT2D eigenvalue weighted by atomic mass is 17.1. The van der Waals surface area contributed by atoms with Crippen molar-refractivity contribution in [3.05, 3.63) is 82.9 Å². The van der Waals surface area contributed by atoms with Crippen molar-refractivity contribution in [3.8, 4) is 0 Å². The van der Waals surface area contributed by atoms with Gasteiger partial charge in [-0.1, -0.05) is 88.7 Å². The SMILES string of the molecule is CC1=C2C(O)C(=O)[C@]3(C)C(C)CC4OCC4(O)C3C(C)C(O)(CC1C(OO)C(OC(C)C)C(NC(=O)c1ccccc1)c1ccccc1)C2(C)C. The molecule has 2 saturated carbocycles. The molecule has 4 aliphatic rings. The Morgan fingerprint density at radius 1 is 1.00 bits per heavy atom. The maximum Gasteiger partial charge on any atom is 0.251 e. The second-order valence-corrected chi connectivity index (χ2v) is 16.6. The van der Waals surface area contributed by atoms with Gasteiger partial charge < -0.3 is 30.1 Å². The van der Waals surface area contributed by atoms with E-state index in [-0.39, 0.29) is 31.0 Å². The predicted octanol–water partition coefficient (Wildman–Crippen LogP) is 5.28. The van der Waals surface area contributed by atoms with Crippen molar-refractivity contribution in [2.75, 3.05) is 6.61 Å². The van der Waals surface area contributed by atoms with E-state index in [4.69, 9.17) is 14.4 Å². The van der Waals surface area contributed by atoms with Crippen LogP contribution in [0.3, 0.4) is 0 Å². The number of carbonyl (C=O) groups excluding carboxylic acids is 2. The summed E-state index contributed by atoms with van der Waals surface area (Å²) in [5, 5.41) is 51.8. The summed E-state index contributed by atoms with van der Waals surface area (Å²) in [7, 11) is 0. The van der Waals surface area contributed by atoms with E-state index < -0.39 is 76.0 Å². The lowest BCUT2D eigenvalue weighted by molar-refractivity contribution is -0.335. The number of Topliss-reactive ketones (excluding diaryl/α,β-unsaturated/α-hetero) is 1. The van der Waals surface area contributed by atoms with Crippen molar-refractivity contribution in [1.29, 1.82) is 0 Å². The Balaban J connectivity index is 1.51. The average molecular weight is 706 g/mol. The number of ketones is 1. The minimum Gasteiger partial charge on any atom is -0.389 e. The molecule has 51 heavy (non-hydrogen) atoms. The Kier molecular flexibility index (Phi) is 9.98. The maximum absolute atomic E-state index is 14.8. The van der Waals surface area contributed by atoms with Gasteiger partial charge in [0.1, 0.15) is 23.9 Å². The van der Waals surface area contributed by atoms with E-state index in [1.807, 2.05) is 91.8 Å². The molecule has 0 radical (unpaired) electrons. The van der Waals surface area contributed by atoms with Gasteiger partial charge in [0.2, 0.25) is 0 Å². The summed E-state index contributed by atoms with van der Waals surface area (Å²) in [5.41, 5.74) is -3.15. The first-order valence-electron chi connectivity index (χ1n) is 18.3. The lowest BCUT2D eigenvalue weighted by Crippen LogP contribution is -2.77. The highest BCUT2D eigenvalue weighted by Gasteiger charge is 2.73. The third-order valence-electron chi connectivity index (χ3n) is 13.5. The summed E-state index contributed by atoms with van der Waals surface area (Å²) < 4.78 is 12.4. The number of benzene rings is 2. The van der Waals surface area contributed by atoms with Gasteiger partial charge in [0.15, 0.2) is 5.78 Å². The first kappa shape index (κ1) is 37.8. The molecule has 5 N–H and O–H groups in total. The van der Waals surface area contributed by atoms with Crippen molar-refractivity contribution in [2.24, 2.45) is 34.5 Å². The number of fused-ring (bicyclic) bond motifs is 5. The number of aliphatic hydroxyl groups is 3. The van der Waals surface area contributed by atoms with Gasteiger partial charge in [-0.3, -0.25) is 14.8 Å². The lowest BCUT2D eigenvalue weighted by Gasteiger charge is -2.68. The van der Waals surface area contributed by atoms with Gasteiger partial charge >= 0.3 is 0 Å². The molecule has 3 fully saturated rings. The van der Waals surface area contributed by atoms with E-state index in [0.29, 0.717) is 28.7 Å². The van der Waals surface area contributed by atoms with E-state index >= 15 is 0 Å². The summed E-state index contributed by atoms with van der Waals surface area (Å²) in [6, 6.07) is 17.3. The van der Waals surface area contributed by atoms with Crippen LogP contribution in [0.4, 0.5) is 0 Å². The molecule has 0 spiro atoms. The monoisotopic (exact) mass is 705 g/mol. The molecule has 11 unspecified atom stereocenters. The molecule has 10 heteroatoms. The average Bonchev–Trinajstić information content (AvgIpc) is 3.09. The van der Waals surface area contributed by atoms with Crippen LogP contribution in [0.5, 0.6) is 0 Å². The highest BCUT2D eigenvalue weighted by molar-refractivity contribution is 5.94. The summed E-state index contributed by atoms with van der Waals surface area (Å²) in [6.07, 6.45) is -4.13. The van der Waals surface area contributed by atoms with Gasteiger partial charge in [0.05, 0.1) is 30.5 Å². The minimum absolute atomic E-state index is 0.0343. The second kappa shape index (κ2) is 13.5. The number of hydrogen-bond donors (Lipinski definition) is 5. The second-order valence-electron chi connectivity index (χ2n) is 16.6. The maximum atomic E-state index is 14.8. The Morgan fingerprint density at radius 3 is 2.16 bits per heavy atom. The number of hydrogen-bond acceptors (Lipinski definition) is 9. The fraction of sp³-hybridized carbons (Fsp3) is 0.610. The molecule has 3 aliphatic carbocycles. The van der Waals surface area contributed by atoms with E-state index in [2.05, 4.69) is 5.32 Å². The standard InChI is InChI=1S/C41H55NO9/c1-22(2)50-34(31(26-15-11-9-12-16-26)42-37(45)27-17-13-10-14-18-27)33(51-48)28-20-41(47)25(5)35-39(8,23(3)19-29-40(35,46)21-49-29)36(44)32(43)30(24(28)4)38(41,6)7/h9-18,22-23,25,28-29,31-35,43,46-48H,19-21H2,1-8H3,(H,42,45)/t23?,25?,28?,29?,31?,32?,33?,34?,35?,39-,40?,41?/m1/s1. The van der Waals surface area contributed by atoms with Crippen LogP contribution in [0.15, 0.2) is 71.8 Å². The number of ether oxygens (including phenoxy) is 2. The van der Waals surface area contributed by atoms with E-state index in [1.54, 1.807) is 24.3 Å². The number of carbonyl (C=O) groups is 2. The van der Waals surface area contributed by atoms with E-state index in [9.17, 15) is 30.2 Å². The Labute approximate surface area is 301 Å². The molecule has 1 aliphatic heterocycles. The largest absolute Gasteiger partial charge is 0.389 e. The number of nitrogens with one attached hydrogen (secondary N) is 1. The molecule has 2 aromatic rings. The molecule has 2 aromatic carbocycles. The van der Waals surface area contributed by atoms with E-state index in [1.165, 1.54) is 0 Å². The van der Waals surface area contributed by atoms with Crippen LogP contribution in [0.2, 0.25) is 0 Å². The first-order valence-corrected chi connectivity index (χ1v) is 18.3. The van der Waals surface area contributed by atoms with Gasteiger partial charge in [-0.15, -0.1) is 0 Å². The van der Waals surface area contributed by atoms with Crippen molar-refractivity contribution < 1.29 is 44.5 Å². The van der Waals surface area contributed by atoms with Crippen molar-refractivity contribution in [2.45, 2.75) is 116 Å². The Bertz CT molecular complexity index is 1640. The fourth-order valence-corrected chi connectivity index (χ4v) is 10.6. The van der Waals surface area contributed by atoms with Crippen LogP contribution in [0.25, 0.3) is 0 Å². The lowest BCUT2D eigenvalue weighted by atomic mass is 9.41. The molecule has 12 atom stereocenters. The number of amides is 1. The van der Waals surface area contributed by atoms with Crippen LogP contribution in [0, 0.1) is 34.5 Å². The van der Waals surface area contributed by atoms with Gasteiger partial charge in [-0.05, 0) is 68.7 Å². The molecule has 2 bridgehead atoms. The van der Waals surface area contributed by atoms with Crippen LogP contribution in [0.1, 0.15) is 90.2 Å². The zero-order valence-corrected chi connectivity index (χ0v) is 31.0. The van der Waals surface area contributed by atoms with Crippen molar-refractivity contribution in [1.82, 2.24) is 5.32 Å². The molecule has 1 saturated heterocycles. The molecule has 10 nitrogen and oxygen atoms in total. The normalized spacial score (nSPS) is 37.6. The number of aliphatic hydroxyl groups excluding tert-OH is 1. The topological polar surface area (TPSA) is 155 Å². The van der Waals surface area contributed by atoms with Gasteiger partial charge in [0, 0.05) is 28.2 Å².